The number of hydrogen-bond acceptors (Lipinski definition) is 3. The fraction of sp³-hybridized carbons (Fsp3) is 0.286. The van der Waals surface area contributed by atoms with Gasteiger partial charge in [-0.25, -0.2) is 4.39 Å². The third kappa shape index (κ3) is 4.95. The van der Waals surface area contributed by atoms with Crippen molar-refractivity contribution in [1.29, 1.82) is 0 Å². The molecule has 29 heavy (non-hydrogen) atoms. The van der Waals surface area contributed by atoms with Gasteiger partial charge in [0.2, 0.25) is 0 Å². The van der Waals surface area contributed by atoms with Crippen LogP contribution >= 0.6 is 11.8 Å². The number of carbonyl (C=O) groups excluding carboxylic acids is 2. The molecule has 0 unspecified atom stereocenters. The second-order valence-corrected chi connectivity index (χ2v) is 7.72. The second-order valence-electron chi connectivity index (χ2n) is 6.87. The molecule has 1 aliphatic rings. The maximum Gasteiger partial charge on any atom is 0.280 e. The van der Waals surface area contributed by atoms with Gasteiger partial charge < -0.3 is 16.4 Å². The van der Waals surface area contributed by atoms with Gasteiger partial charge in [0.15, 0.2) is 5.96 Å². The number of nitrogens with two attached hydrogens (primary N) is 2. The number of halogens is 1. The molecule has 0 bridgehead atoms. The first-order chi connectivity index (χ1) is 13.9. The zero-order valence-corrected chi connectivity index (χ0v) is 16.9. The Hall–Kier alpha value is -2.87. The lowest BCUT2D eigenvalue weighted by Crippen LogP contribution is -2.38. The number of thioether (sulfide) groups is 1. The van der Waals surface area contributed by atoms with Gasteiger partial charge in [-0.05, 0) is 67.0 Å². The number of rotatable bonds is 4. The van der Waals surface area contributed by atoms with Crippen LogP contribution in [0.3, 0.4) is 0 Å². The van der Waals surface area contributed by atoms with E-state index in [4.69, 9.17) is 11.5 Å². The minimum Gasteiger partial charge on any atom is -0.370 e. The summed E-state index contributed by atoms with van der Waals surface area (Å²) in [5.74, 6) is -0.866. The number of guanidine groups is 1. The first-order valence-corrected chi connectivity index (χ1v) is 10.5. The second kappa shape index (κ2) is 9.09. The minimum atomic E-state index is -0.466. The van der Waals surface area contributed by atoms with Crippen molar-refractivity contribution in [2.75, 3.05) is 19.3 Å². The smallest absolute Gasteiger partial charge is 0.280 e. The van der Waals surface area contributed by atoms with Gasteiger partial charge in [0.1, 0.15) is 5.82 Å². The van der Waals surface area contributed by atoms with Crippen molar-refractivity contribution in [2.45, 2.75) is 23.7 Å². The summed E-state index contributed by atoms with van der Waals surface area (Å²) in [6, 6.07) is 11.1. The normalized spacial score (nSPS) is 14.5. The Balaban J connectivity index is 1.70. The van der Waals surface area contributed by atoms with Gasteiger partial charge in [0.05, 0.1) is 0 Å². The number of likely N-dealkylation sites (tertiary alicyclic amines) is 1. The summed E-state index contributed by atoms with van der Waals surface area (Å²) in [6.45, 7) is 1.26. The Morgan fingerprint density at radius 2 is 1.69 bits per heavy atom. The number of piperidine rings is 1. The number of carbonyl (C=O) groups is 2. The molecule has 1 saturated heterocycles. The van der Waals surface area contributed by atoms with Crippen molar-refractivity contribution >= 4 is 29.5 Å². The van der Waals surface area contributed by atoms with Gasteiger partial charge in [0, 0.05) is 29.1 Å². The fourth-order valence-electron chi connectivity index (χ4n) is 3.53. The molecule has 8 heteroatoms. The predicted octanol–water partition coefficient (Wildman–Crippen LogP) is 2.98. The average Bonchev–Trinajstić information content (AvgIpc) is 2.73. The van der Waals surface area contributed by atoms with Crippen molar-refractivity contribution in [1.82, 2.24) is 4.90 Å². The van der Waals surface area contributed by atoms with Crippen LogP contribution in [-0.4, -0.2) is 42.0 Å². The number of benzene rings is 2. The summed E-state index contributed by atoms with van der Waals surface area (Å²) < 4.78 is 13.1. The van der Waals surface area contributed by atoms with Crippen LogP contribution in [0, 0.1) is 5.82 Å². The molecule has 2 aromatic carbocycles. The summed E-state index contributed by atoms with van der Waals surface area (Å²) in [4.78, 5) is 31.1. The lowest BCUT2D eigenvalue weighted by atomic mass is 9.88. The van der Waals surface area contributed by atoms with E-state index in [1.54, 1.807) is 22.7 Å². The number of nitrogens with zero attached hydrogens (tertiary/aromatic N) is 2. The highest BCUT2D eigenvalue weighted by Gasteiger charge is 2.26. The van der Waals surface area contributed by atoms with Gasteiger partial charge in [0.25, 0.3) is 11.8 Å². The van der Waals surface area contributed by atoms with Crippen LogP contribution in [0.1, 0.15) is 45.0 Å². The van der Waals surface area contributed by atoms with Crippen LogP contribution in [0.4, 0.5) is 4.39 Å². The standard InChI is InChI=1S/C21H23FN4O2S/c1-29-18-12-15(19(27)25-21(23)24)4-7-17(18)13-8-10-26(11-9-13)20(28)14-2-5-16(22)6-3-14/h2-7,12-13H,8-11H2,1H3,(H4,23,24,25,27). The lowest BCUT2D eigenvalue weighted by Gasteiger charge is -2.33. The van der Waals surface area contributed by atoms with E-state index < -0.39 is 5.91 Å². The molecule has 3 rings (SSSR count). The Morgan fingerprint density at radius 3 is 2.28 bits per heavy atom. The van der Waals surface area contributed by atoms with E-state index in [0.717, 1.165) is 23.3 Å². The van der Waals surface area contributed by atoms with Gasteiger partial charge >= 0.3 is 0 Å². The molecule has 0 saturated carbocycles. The van der Waals surface area contributed by atoms with Crippen molar-refractivity contribution in [3.8, 4) is 0 Å². The van der Waals surface area contributed by atoms with E-state index >= 15 is 0 Å². The molecule has 2 amide bonds. The van der Waals surface area contributed by atoms with E-state index in [1.165, 1.54) is 24.3 Å². The Kier molecular flexibility index (Phi) is 6.53. The first-order valence-electron chi connectivity index (χ1n) is 9.25. The molecule has 0 spiro atoms. The zero-order valence-electron chi connectivity index (χ0n) is 16.1. The van der Waals surface area contributed by atoms with Crippen LogP contribution < -0.4 is 11.5 Å². The molecular weight excluding hydrogens is 391 g/mol. The fourth-order valence-corrected chi connectivity index (χ4v) is 4.25. The molecule has 1 aliphatic heterocycles. The molecule has 4 N–H and O–H groups in total. The Bertz CT molecular complexity index is 934. The predicted molar refractivity (Wildman–Crippen MR) is 113 cm³/mol. The molecule has 0 radical (unpaired) electrons. The monoisotopic (exact) mass is 414 g/mol. The van der Waals surface area contributed by atoms with Crippen molar-refractivity contribution in [3.63, 3.8) is 0 Å². The summed E-state index contributed by atoms with van der Waals surface area (Å²) in [5, 5.41) is 0. The van der Waals surface area contributed by atoms with Crippen molar-refractivity contribution in [2.24, 2.45) is 16.5 Å². The van der Waals surface area contributed by atoms with Gasteiger partial charge in [-0.15, -0.1) is 11.8 Å². The van der Waals surface area contributed by atoms with Crippen LogP contribution in [0.5, 0.6) is 0 Å². The number of hydrogen-bond donors (Lipinski definition) is 2. The molecule has 0 atom stereocenters. The maximum atomic E-state index is 13.1. The number of amides is 2. The van der Waals surface area contributed by atoms with E-state index in [9.17, 15) is 14.0 Å². The van der Waals surface area contributed by atoms with Gasteiger partial charge in [-0.2, -0.15) is 4.99 Å². The molecule has 1 heterocycles. The highest BCUT2D eigenvalue weighted by atomic mass is 32.2. The molecule has 2 aromatic rings. The summed E-state index contributed by atoms with van der Waals surface area (Å²) in [7, 11) is 0. The van der Waals surface area contributed by atoms with Gasteiger partial charge in [-0.1, -0.05) is 6.07 Å². The zero-order chi connectivity index (χ0) is 21.0. The molecule has 0 aliphatic carbocycles. The SMILES string of the molecule is CSc1cc(C(=O)N=C(N)N)ccc1C1CCN(C(=O)c2ccc(F)cc2)CC1. The summed E-state index contributed by atoms with van der Waals surface area (Å²) in [6.07, 6.45) is 3.60. The molecule has 152 valence electrons. The highest BCUT2D eigenvalue weighted by molar-refractivity contribution is 7.98. The first kappa shape index (κ1) is 20.9. The Morgan fingerprint density at radius 1 is 1.07 bits per heavy atom. The van der Waals surface area contributed by atoms with E-state index in [1.807, 2.05) is 18.4 Å². The van der Waals surface area contributed by atoms with E-state index in [-0.39, 0.29) is 17.7 Å². The summed E-state index contributed by atoms with van der Waals surface area (Å²) in [5.41, 5.74) is 12.7. The molecule has 6 nitrogen and oxygen atoms in total. The molecule has 1 fully saturated rings. The Labute approximate surface area is 173 Å². The third-order valence-electron chi connectivity index (χ3n) is 5.02. The maximum absolute atomic E-state index is 13.1. The van der Waals surface area contributed by atoms with Crippen LogP contribution in [0.25, 0.3) is 0 Å². The quantitative estimate of drug-likeness (QED) is 0.455. The van der Waals surface area contributed by atoms with Gasteiger partial charge in [-0.3, -0.25) is 9.59 Å². The third-order valence-corrected chi connectivity index (χ3v) is 5.82. The van der Waals surface area contributed by atoms with Crippen molar-refractivity contribution < 1.29 is 14.0 Å². The van der Waals surface area contributed by atoms with E-state index in [0.29, 0.717) is 30.1 Å². The minimum absolute atomic E-state index is 0.0771. The van der Waals surface area contributed by atoms with E-state index in [2.05, 4.69) is 4.99 Å². The lowest BCUT2D eigenvalue weighted by molar-refractivity contribution is 0.0712. The average molecular weight is 415 g/mol. The van der Waals surface area contributed by atoms with Crippen LogP contribution in [-0.2, 0) is 0 Å². The van der Waals surface area contributed by atoms with Crippen molar-refractivity contribution in [3.05, 3.63) is 65.0 Å². The molecular formula is C21H23FN4O2S. The topological polar surface area (TPSA) is 102 Å². The molecule has 0 aromatic heterocycles. The summed E-state index contributed by atoms with van der Waals surface area (Å²) >= 11 is 1.57. The van der Waals surface area contributed by atoms with Crippen LogP contribution in [0.15, 0.2) is 52.4 Å². The van der Waals surface area contributed by atoms with Crippen LogP contribution in [0.2, 0.25) is 0 Å². The largest absolute Gasteiger partial charge is 0.370 e. The highest BCUT2D eigenvalue weighted by Crippen LogP contribution is 2.35. The number of aliphatic imine (C=N–C) groups is 1.